The minimum atomic E-state index is -0.225. The lowest BCUT2D eigenvalue weighted by Crippen LogP contribution is -2.33. The average molecular weight is 348 g/mol. The van der Waals surface area contributed by atoms with Crippen LogP contribution in [0.25, 0.3) is 11.1 Å². The summed E-state index contributed by atoms with van der Waals surface area (Å²) in [6, 6.07) is 17.2. The second kappa shape index (κ2) is 7.85. The van der Waals surface area contributed by atoms with Gasteiger partial charge < -0.3 is 9.47 Å². The Morgan fingerprint density at radius 1 is 0.808 bits per heavy atom. The van der Waals surface area contributed by atoms with E-state index >= 15 is 0 Å². The average Bonchev–Trinajstić information content (AvgIpc) is 2.70. The summed E-state index contributed by atoms with van der Waals surface area (Å²) in [7, 11) is 0. The zero-order valence-electron chi connectivity index (χ0n) is 15.6. The lowest BCUT2D eigenvalue weighted by Gasteiger charge is -2.36. The van der Waals surface area contributed by atoms with Gasteiger partial charge in [0.15, 0.2) is 6.29 Å². The number of hydrogen-bond donors (Lipinski definition) is 0. The first kappa shape index (κ1) is 17.6. The first-order valence-electron chi connectivity index (χ1n) is 9.76. The van der Waals surface area contributed by atoms with E-state index in [-0.39, 0.29) is 6.29 Å². The van der Waals surface area contributed by atoms with Crippen molar-refractivity contribution in [3.8, 4) is 11.1 Å². The molecule has 2 aromatic rings. The van der Waals surface area contributed by atoms with Gasteiger partial charge in [0.2, 0.25) is 0 Å². The third-order valence-electron chi connectivity index (χ3n) is 5.90. The van der Waals surface area contributed by atoms with Gasteiger partial charge in [-0.2, -0.15) is 0 Å². The maximum atomic E-state index is 6.07. The molecule has 0 amide bonds. The number of aryl methyl sites for hydroxylation is 1. The summed E-state index contributed by atoms with van der Waals surface area (Å²) >= 11 is 0. The zero-order chi connectivity index (χ0) is 17.9. The summed E-state index contributed by atoms with van der Waals surface area (Å²) in [5.41, 5.74) is 4.86. The van der Waals surface area contributed by atoms with Gasteiger partial charge in [-0.1, -0.05) is 60.0 Å². The van der Waals surface area contributed by atoms with E-state index < -0.39 is 0 Å². The number of ether oxygens (including phenoxy) is 2. The monoisotopic (exact) mass is 348 g/mol. The SMILES string of the molecule is [CH2-][C+]1CCC(C2COC(c3ccc(-c4ccc(C)cc4)cc3)OC2)CC1. The first-order chi connectivity index (χ1) is 12.7. The molecule has 1 saturated carbocycles. The Morgan fingerprint density at radius 3 is 1.92 bits per heavy atom. The summed E-state index contributed by atoms with van der Waals surface area (Å²) < 4.78 is 12.1. The fourth-order valence-electron chi connectivity index (χ4n) is 4.08. The molecule has 2 aromatic carbocycles. The Hall–Kier alpha value is -1.77. The van der Waals surface area contributed by atoms with Gasteiger partial charge in [0.25, 0.3) is 0 Å². The van der Waals surface area contributed by atoms with Crippen LogP contribution >= 0.6 is 0 Å². The molecule has 26 heavy (non-hydrogen) atoms. The molecule has 0 bridgehead atoms. The van der Waals surface area contributed by atoms with E-state index in [0.29, 0.717) is 5.92 Å². The van der Waals surface area contributed by atoms with E-state index in [9.17, 15) is 0 Å². The minimum absolute atomic E-state index is 0.225. The third kappa shape index (κ3) is 3.97. The van der Waals surface area contributed by atoms with Crippen molar-refractivity contribution in [2.24, 2.45) is 11.8 Å². The molecular formula is C24H28O2. The van der Waals surface area contributed by atoms with Crippen molar-refractivity contribution in [1.82, 2.24) is 0 Å². The molecule has 0 unspecified atom stereocenters. The van der Waals surface area contributed by atoms with Crippen LogP contribution in [-0.4, -0.2) is 13.2 Å². The minimum Gasteiger partial charge on any atom is -0.348 e. The van der Waals surface area contributed by atoms with E-state index in [1.807, 2.05) is 0 Å². The highest BCUT2D eigenvalue weighted by atomic mass is 16.7. The maximum absolute atomic E-state index is 6.07. The summed E-state index contributed by atoms with van der Waals surface area (Å²) in [4.78, 5) is 0. The number of hydrogen-bond acceptors (Lipinski definition) is 2. The Balaban J connectivity index is 1.35. The summed E-state index contributed by atoms with van der Waals surface area (Å²) in [6.07, 6.45) is 4.60. The van der Waals surface area contributed by atoms with Crippen LogP contribution in [0.5, 0.6) is 0 Å². The normalized spacial score (nSPS) is 24.6. The fraction of sp³-hybridized carbons (Fsp3) is 0.417. The Morgan fingerprint density at radius 2 is 1.35 bits per heavy atom. The van der Waals surface area contributed by atoms with Crippen LogP contribution in [0.4, 0.5) is 0 Å². The molecular weight excluding hydrogens is 320 g/mol. The van der Waals surface area contributed by atoms with Gasteiger partial charge in [0, 0.05) is 11.5 Å². The van der Waals surface area contributed by atoms with Gasteiger partial charge in [-0.3, -0.25) is 0 Å². The molecule has 0 atom stereocenters. The van der Waals surface area contributed by atoms with Crippen LogP contribution in [0.1, 0.15) is 43.1 Å². The quantitative estimate of drug-likeness (QED) is 0.641. The van der Waals surface area contributed by atoms with E-state index in [1.165, 1.54) is 48.3 Å². The van der Waals surface area contributed by atoms with Crippen molar-refractivity contribution in [1.29, 1.82) is 0 Å². The summed E-state index contributed by atoms with van der Waals surface area (Å²) in [6.45, 7) is 7.84. The van der Waals surface area contributed by atoms with Crippen LogP contribution in [0.15, 0.2) is 48.5 Å². The van der Waals surface area contributed by atoms with Crippen LogP contribution < -0.4 is 0 Å². The smallest absolute Gasteiger partial charge is 0.183 e. The highest BCUT2D eigenvalue weighted by Crippen LogP contribution is 2.37. The topological polar surface area (TPSA) is 18.5 Å². The molecule has 2 fully saturated rings. The van der Waals surface area contributed by atoms with Crippen molar-refractivity contribution in [3.05, 3.63) is 72.5 Å². The molecule has 2 aliphatic rings. The van der Waals surface area contributed by atoms with Gasteiger partial charge in [-0.05, 0) is 36.8 Å². The highest BCUT2D eigenvalue weighted by Gasteiger charge is 2.32. The van der Waals surface area contributed by atoms with Crippen molar-refractivity contribution >= 4 is 0 Å². The Labute approximate surface area is 157 Å². The number of benzene rings is 2. The van der Waals surface area contributed by atoms with E-state index in [0.717, 1.165) is 24.7 Å². The molecule has 0 aromatic heterocycles. The van der Waals surface area contributed by atoms with Gasteiger partial charge in [0.1, 0.15) is 0 Å². The molecule has 1 aliphatic carbocycles. The zero-order valence-corrected chi connectivity index (χ0v) is 15.6. The maximum Gasteiger partial charge on any atom is 0.183 e. The third-order valence-corrected chi connectivity index (χ3v) is 5.90. The molecule has 1 heterocycles. The molecule has 0 N–H and O–H groups in total. The van der Waals surface area contributed by atoms with Crippen LogP contribution in [-0.2, 0) is 9.47 Å². The first-order valence-corrected chi connectivity index (χ1v) is 9.76. The Kier molecular flexibility index (Phi) is 5.33. The highest BCUT2D eigenvalue weighted by molar-refractivity contribution is 5.63. The van der Waals surface area contributed by atoms with Gasteiger partial charge in [0.05, 0.1) is 26.1 Å². The summed E-state index contributed by atoms with van der Waals surface area (Å²) in [5.74, 6) is 2.67. The fourth-order valence-corrected chi connectivity index (χ4v) is 4.08. The van der Waals surface area contributed by atoms with Gasteiger partial charge in [-0.15, -0.1) is 6.92 Å². The van der Waals surface area contributed by atoms with E-state index in [4.69, 9.17) is 9.47 Å². The second-order valence-corrected chi connectivity index (χ2v) is 7.83. The van der Waals surface area contributed by atoms with Crippen LogP contribution in [0.2, 0.25) is 0 Å². The second-order valence-electron chi connectivity index (χ2n) is 7.83. The molecule has 1 saturated heterocycles. The molecule has 0 spiro atoms. The van der Waals surface area contributed by atoms with Crippen molar-refractivity contribution in [2.75, 3.05) is 13.2 Å². The molecule has 2 nitrogen and oxygen atoms in total. The molecule has 4 rings (SSSR count). The van der Waals surface area contributed by atoms with Crippen molar-refractivity contribution in [2.45, 2.75) is 38.9 Å². The van der Waals surface area contributed by atoms with Gasteiger partial charge >= 0.3 is 0 Å². The molecule has 0 radical (unpaired) electrons. The molecule has 136 valence electrons. The summed E-state index contributed by atoms with van der Waals surface area (Å²) in [5, 5.41) is 0. The predicted molar refractivity (Wildman–Crippen MR) is 105 cm³/mol. The lowest BCUT2D eigenvalue weighted by molar-refractivity contribution is -0.214. The molecule has 1 aliphatic heterocycles. The van der Waals surface area contributed by atoms with Gasteiger partial charge in [-0.25, -0.2) is 0 Å². The number of rotatable bonds is 3. The largest absolute Gasteiger partial charge is 0.348 e. The molecule has 2 heteroatoms. The van der Waals surface area contributed by atoms with Crippen LogP contribution in [0.3, 0.4) is 0 Å². The predicted octanol–water partition coefficient (Wildman–Crippen LogP) is 5.92. The van der Waals surface area contributed by atoms with E-state index in [2.05, 4.69) is 62.4 Å². The van der Waals surface area contributed by atoms with Crippen LogP contribution in [0, 0.1) is 31.6 Å². The Bertz CT molecular complexity index is 688. The van der Waals surface area contributed by atoms with Crippen molar-refractivity contribution < 1.29 is 9.47 Å². The van der Waals surface area contributed by atoms with Crippen molar-refractivity contribution in [3.63, 3.8) is 0 Å². The van der Waals surface area contributed by atoms with E-state index in [1.54, 1.807) is 0 Å². The standard InChI is InChI=1S/C24H28O2/c1-17-3-7-19(8-4-17)20-11-13-22(14-12-20)24-25-15-23(16-26-24)21-9-5-18(2)6-10-21/h3-4,7-8,11-14,21,23-24H,2,5-6,9-10,15-16H2,1H3. The lowest BCUT2D eigenvalue weighted by atomic mass is 9.76.